The van der Waals surface area contributed by atoms with Gasteiger partial charge in [0.1, 0.15) is 12.2 Å². The van der Waals surface area contributed by atoms with Crippen molar-refractivity contribution in [2.45, 2.75) is 37.3 Å². The fourth-order valence-electron chi connectivity index (χ4n) is 1.45. The number of hydrogen-bond acceptors (Lipinski definition) is 4. The van der Waals surface area contributed by atoms with Gasteiger partial charge in [0, 0.05) is 12.8 Å². The Morgan fingerprint density at radius 2 is 2.15 bits per heavy atom. The Morgan fingerprint density at radius 3 is 2.69 bits per heavy atom. The van der Waals surface area contributed by atoms with E-state index in [9.17, 15) is 10.2 Å². The van der Waals surface area contributed by atoms with Crippen molar-refractivity contribution in [1.82, 2.24) is 0 Å². The van der Waals surface area contributed by atoms with Crippen LogP contribution in [-0.2, 0) is 4.74 Å². The highest BCUT2D eigenvalue weighted by atomic mass is 16.5. The Hall–Kier alpha value is -0.600. The Kier molecular flexibility index (Phi) is 3.70. The highest BCUT2D eigenvalue weighted by Gasteiger charge is 2.35. The number of aliphatic hydroxyl groups excluding tert-OH is 3. The molecule has 0 radical (unpaired) electrons. The van der Waals surface area contributed by atoms with Crippen LogP contribution < -0.4 is 0 Å². The van der Waals surface area contributed by atoms with Crippen LogP contribution in [0.15, 0.2) is 0 Å². The summed E-state index contributed by atoms with van der Waals surface area (Å²) in [7, 11) is 0. The van der Waals surface area contributed by atoms with Gasteiger partial charge in [-0.15, -0.1) is 12.3 Å². The third-order valence-electron chi connectivity index (χ3n) is 2.17. The molecule has 4 heteroatoms. The maximum atomic E-state index is 9.37. The van der Waals surface area contributed by atoms with E-state index in [1.165, 1.54) is 0 Å². The average molecular weight is 186 g/mol. The molecule has 13 heavy (non-hydrogen) atoms. The van der Waals surface area contributed by atoms with Crippen molar-refractivity contribution in [3.8, 4) is 12.3 Å². The second kappa shape index (κ2) is 4.58. The summed E-state index contributed by atoms with van der Waals surface area (Å²) in [5.74, 6) is 2.42. The predicted molar refractivity (Wildman–Crippen MR) is 45.8 cm³/mol. The molecular formula is C9H14O4. The molecule has 1 aliphatic heterocycles. The molecule has 1 aliphatic rings. The standard InChI is InChI=1S/C9H14O4/c1-2-3-6-4-7(11)9(12)8(5-10)13-6/h1,6-12H,3-5H2/t6-,7+,8+,9+/m0/s1. The van der Waals surface area contributed by atoms with E-state index in [2.05, 4.69) is 5.92 Å². The highest BCUT2D eigenvalue weighted by Crippen LogP contribution is 2.21. The average Bonchev–Trinajstić information content (AvgIpc) is 2.11. The van der Waals surface area contributed by atoms with E-state index in [0.29, 0.717) is 12.8 Å². The van der Waals surface area contributed by atoms with E-state index in [-0.39, 0.29) is 12.7 Å². The van der Waals surface area contributed by atoms with Crippen LogP contribution in [-0.4, -0.2) is 46.3 Å². The van der Waals surface area contributed by atoms with Gasteiger partial charge in [0.05, 0.1) is 18.8 Å². The van der Waals surface area contributed by atoms with E-state index in [1.807, 2.05) is 0 Å². The van der Waals surface area contributed by atoms with Gasteiger partial charge in [-0.1, -0.05) is 0 Å². The molecule has 0 amide bonds. The number of aliphatic hydroxyl groups is 3. The van der Waals surface area contributed by atoms with Crippen molar-refractivity contribution in [3.63, 3.8) is 0 Å². The zero-order valence-electron chi connectivity index (χ0n) is 7.26. The molecule has 4 nitrogen and oxygen atoms in total. The smallest absolute Gasteiger partial charge is 0.109 e. The monoisotopic (exact) mass is 186 g/mol. The lowest BCUT2D eigenvalue weighted by molar-refractivity contribution is -0.177. The lowest BCUT2D eigenvalue weighted by Gasteiger charge is -2.35. The Labute approximate surface area is 77.1 Å². The molecule has 0 aromatic rings. The molecule has 3 N–H and O–H groups in total. The van der Waals surface area contributed by atoms with Crippen LogP contribution in [0.2, 0.25) is 0 Å². The molecule has 0 spiro atoms. The van der Waals surface area contributed by atoms with Crippen molar-refractivity contribution in [2.75, 3.05) is 6.61 Å². The quantitative estimate of drug-likeness (QED) is 0.478. The molecule has 1 heterocycles. The summed E-state index contributed by atoms with van der Waals surface area (Å²) in [6.45, 7) is -0.306. The number of ether oxygens (including phenoxy) is 1. The summed E-state index contributed by atoms with van der Waals surface area (Å²) in [4.78, 5) is 0. The van der Waals surface area contributed by atoms with Crippen LogP contribution in [0.25, 0.3) is 0 Å². The first-order chi connectivity index (χ1) is 6.19. The molecular weight excluding hydrogens is 172 g/mol. The molecule has 74 valence electrons. The second-order valence-electron chi connectivity index (χ2n) is 3.18. The van der Waals surface area contributed by atoms with E-state index in [1.54, 1.807) is 0 Å². The van der Waals surface area contributed by atoms with Gasteiger partial charge in [0.2, 0.25) is 0 Å². The van der Waals surface area contributed by atoms with Crippen LogP contribution in [0.4, 0.5) is 0 Å². The van der Waals surface area contributed by atoms with Crippen LogP contribution in [0.5, 0.6) is 0 Å². The molecule has 4 atom stereocenters. The van der Waals surface area contributed by atoms with Gasteiger partial charge in [0.25, 0.3) is 0 Å². The topological polar surface area (TPSA) is 69.9 Å². The molecule has 1 rings (SSSR count). The first-order valence-corrected chi connectivity index (χ1v) is 4.25. The van der Waals surface area contributed by atoms with E-state index >= 15 is 0 Å². The van der Waals surface area contributed by atoms with Crippen LogP contribution in [0.1, 0.15) is 12.8 Å². The lowest BCUT2D eigenvalue weighted by Crippen LogP contribution is -2.49. The SMILES string of the molecule is C#CC[C@H]1C[C@@H](O)[C@@H](O)[C@@H](CO)O1. The molecule has 1 fully saturated rings. The largest absolute Gasteiger partial charge is 0.394 e. The van der Waals surface area contributed by atoms with Crippen molar-refractivity contribution < 1.29 is 20.1 Å². The van der Waals surface area contributed by atoms with Crippen molar-refractivity contribution in [3.05, 3.63) is 0 Å². The lowest BCUT2D eigenvalue weighted by atomic mass is 9.97. The van der Waals surface area contributed by atoms with Crippen LogP contribution in [0.3, 0.4) is 0 Å². The minimum atomic E-state index is -1.01. The van der Waals surface area contributed by atoms with Gasteiger partial charge in [-0.3, -0.25) is 0 Å². The Bertz CT molecular complexity index is 198. The van der Waals surface area contributed by atoms with Crippen LogP contribution >= 0.6 is 0 Å². The number of rotatable bonds is 2. The number of terminal acetylenes is 1. The van der Waals surface area contributed by atoms with E-state index in [4.69, 9.17) is 16.3 Å². The molecule has 0 aromatic carbocycles. The molecule has 0 bridgehead atoms. The third-order valence-corrected chi connectivity index (χ3v) is 2.17. The predicted octanol–water partition coefficient (Wildman–Crippen LogP) is -1.12. The maximum absolute atomic E-state index is 9.37. The Morgan fingerprint density at radius 1 is 1.46 bits per heavy atom. The van der Waals surface area contributed by atoms with Gasteiger partial charge in [-0.2, -0.15) is 0 Å². The molecule has 0 saturated carbocycles. The summed E-state index contributed by atoms with van der Waals surface area (Å²) in [6.07, 6.45) is 2.94. The molecule has 1 saturated heterocycles. The van der Waals surface area contributed by atoms with E-state index in [0.717, 1.165) is 0 Å². The molecule has 0 unspecified atom stereocenters. The second-order valence-corrected chi connectivity index (χ2v) is 3.18. The first kappa shape index (κ1) is 10.5. The van der Waals surface area contributed by atoms with E-state index < -0.39 is 18.3 Å². The van der Waals surface area contributed by atoms with Gasteiger partial charge in [0.15, 0.2) is 0 Å². The summed E-state index contributed by atoms with van der Waals surface area (Å²) in [5, 5.41) is 27.5. The molecule has 0 aliphatic carbocycles. The minimum Gasteiger partial charge on any atom is -0.394 e. The summed E-state index contributed by atoms with van der Waals surface area (Å²) < 4.78 is 5.26. The van der Waals surface area contributed by atoms with Crippen molar-refractivity contribution in [2.24, 2.45) is 0 Å². The normalized spacial score (nSPS) is 39.8. The van der Waals surface area contributed by atoms with Crippen molar-refractivity contribution in [1.29, 1.82) is 0 Å². The van der Waals surface area contributed by atoms with Gasteiger partial charge in [-0.25, -0.2) is 0 Å². The van der Waals surface area contributed by atoms with Gasteiger partial charge < -0.3 is 20.1 Å². The highest BCUT2D eigenvalue weighted by molar-refractivity contribution is 4.93. The van der Waals surface area contributed by atoms with Gasteiger partial charge >= 0.3 is 0 Å². The van der Waals surface area contributed by atoms with Crippen molar-refractivity contribution >= 4 is 0 Å². The third kappa shape index (κ3) is 2.42. The number of hydrogen-bond donors (Lipinski definition) is 3. The zero-order chi connectivity index (χ0) is 9.84. The summed E-state index contributed by atoms with van der Waals surface area (Å²) in [6, 6.07) is 0. The fourth-order valence-corrected chi connectivity index (χ4v) is 1.45. The van der Waals surface area contributed by atoms with Crippen LogP contribution in [0, 0.1) is 12.3 Å². The summed E-state index contributed by atoms with van der Waals surface area (Å²) in [5.41, 5.74) is 0. The maximum Gasteiger partial charge on any atom is 0.109 e. The Balaban J connectivity index is 2.53. The zero-order valence-corrected chi connectivity index (χ0v) is 7.26. The first-order valence-electron chi connectivity index (χ1n) is 4.25. The minimum absolute atomic E-state index is 0.263. The fraction of sp³-hybridized carbons (Fsp3) is 0.778. The van der Waals surface area contributed by atoms with Gasteiger partial charge in [-0.05, 0) is 0 Å². The molecule has 0 aromatic heterocycles. The summed E-state index contributed by atoms with van der Waals surface area (Å²) >= 11 is 0.